The fourth-order valence-corrected chi connectivity index (χ4v) is 4.33. The number of nitrogens with zero attached hydrogens (tertiary/aromatic N) is 4. The van der Waals surface area contributed by atoms with Crippen LogP contribution in [0.3, 0.4) is 0 Å². The summed E-state index contributed by atoms with van der Waals surface area (Å²) in [4.78, 5) is 30.4. The summed E-state index contributed by atoms with van der Waals surface area (Å²) in [6, 6.07) is 14.6. The molecule has 0 fully saturated rings. The van der Waals surface area contributed by atoms with E-state index in [1.54, 1.807) is 33.6 Å². The van der Waals surface area contributed by atoms with Gasteiger partial charge in [-0.05, 0) is 30.7 Å². The Labute approximate surface area is 199 Å². The van der Waals surface area contributed by atoms with Gasteiger partial charge in [0.05, 0.1) is 30.6 Å². The minimum Gasteiger partial charge on any atom is -0.495 e. The maximum Gasteiger partial charge on any atom is 0.282 e. The highest BCUT2D eigenvalue weighted by Crippen LogP contribution is 2.27. The van der Waals surface area contributed by atoms with Crippen LogP contribution in [-0.4, -0.2) is 38.1 Å². The molecular formula is C23H22ClN5O3S. The van der Waals surface area contributed by atoms with Crippen molar-refractivity contribution in [3.8, 4) is 5.75 Å². The molecule has 0 unspecified atom stereocenters. The number of fused-ring (bicyclic) bond motifs is 1. The molecule has 0 atom stereocenters. The Bertz CT molecular complexity index is 1350. The number of halogens is 1. The predicted octanol–water partition coefficient (Wildman–Crippen LogP) is 4.05. The van der Waals surface area contributed by atoms with Crippen molar-refractivity contribution in [1.29, 1.82) is 0 Å². The van der Waals surface area contributed by atoms with Gasteiger partial charge in [-0.1, -0.05) is 53.7 Å². The minimum absolute atomic E-state index is 0.0678. The Kier molecular flexibility index (Phi) is 7.00. The summed E-state index contributed by atoms with van der Waals surface area (Å²) < 4.78 is 8.38. The van der Waals surface area contributed by atoms with Crippen molar-refractivity contribution in [3.63, 3.8) is 0 Å². The zero-order valence-electron chi connectivity index (χ0n) is 18.1. The monoisotopic (exact) mass is 483 g/mol. The molecule has 8 nitrogen and oxygen atoms in total. The summed E-state index contributed by atoms with van der Waals surface area (Å²) in [5.74, 6) is 0.350. The number of carbonyl (C=O) groups is 1. The second-order valence-electron chi connectivity index (χ2n) is 7.18. The van der Waals surface area contributed by atoms with Crippen LogP contribution in [0.4, 0.5) is 5.69 Å². The third-order valence-corrected chi connectivity index (χ3v) is 6.18. The van der Waals surface area contributed by atoms with Crippen molar-refractivity contribution < 1.29 is 9.53 Å². The van der Waals surface area contributed by atoms with Gasteiger partial charge in [-0.2, -0.15) is 5.10 Å². The van der Waals surface area contributed by atoms with Crippen LogP contribution in [0.5, 0.6) is 5.75 Å². The average Bonchev–Trinajstić information content (AvgIpc) is 3.24. The molecular weight excluding hydrogens is 462 g/mol. The molecule has 170 valence electrons. The first-order chi connectivity index (χ1) is 16.0. The van der Waals surface area contributed by atoms with Gasteiger partial charge in [-0.25, -0.2) is 4.98 Å². The van der Waals surface area contributed by atoms with Gasteiger partial charge in [-0.3, -0.25) is 18.8 Å². The van der Waals surface area contributed by atoms with Crippen LogP contribution in [0.1, 0.15) is 12.5 Å². The Morgan fingerprint density at radius 3 is 2.70 bits per heavy atom. The second kappa shape index (κ2) is 10.1. The largest absolute Gasteiger partial charge is 0.495 e. The molecule has 33 heavy (non-hydrogen) atoms. The number of anilines is 1. The van der Waals surface area contributed by atoms with E-state index in [-0.39, 0.29) is 17.2 Å². The number of methoxy groups -OCH3 is 1. The molecule has 10 heteroatoms. The van der Waals surface area contributed by atoms with Gasteiger partial charge in [0.25, 0.3) is 5.56 Å². The molecule has 1 N–H and O–H groups in total. The maximum atomic E-state index is 13.2. The predicted molar refractivity (Wildman–Crippen MR) is 130 cm³/mol. The molecule has 0 spiro atoms. The Hall–Kier alpha value is -3.30. The van der Waals surface area contributed by atoms with Gasteiger partial charge in [-0.15, -0.1) is 0 Å². The molecule has 2 aromatic heterocycles. The molecule has 0 radical (unpaired) electrons. The van der Waals surface area contributed by atoms with Crippen LogP contribution >= 0.6 is 23.4 Å². The molecule has 4 aromatic rings. The topological polar surface area (TPSA) is 91.0 Å². The summed E-state index contributed by atoms with van der Waals surface area (Å²) in [7, 11) is 1.53. The summed E-state index contributed by atoms with van der Waals surface area (Å²) in [6.45, 7) is 2.91. The number of hydrogen-bond donors (Lipinski definition) is 1. The van der Waals surface area contributed by atoms with Crippen LogP contribution in [0.2, 0.25) is 5.02 Å². The molecule has 0 saturated heterocycles. The summed E-state index contributed by atoms with van der Waals surface area (Å²) in [6.07, 6.45) is 1.74. The van der Waals surface area contributed by atoms with Crippen LogP contribution in [0.25, 0.3) is 11.0 Å². The first-order valence-electron chi connectivity index (χ1n) is 10.3. The lowest BCUT2D eigenvalue weighted by Crippen LogP contribution is -2.25. The van der Waals surface area contributed by atoms with E-state index < -0.39 is 0 Å². The van der Waals surface area contributed by atoms with Crippen molar-refractivity contribution >= 4 is 46.0 Å². The van der Waals surface area contributed by atoms with Crippen LogP contribution < -0.4 is 15.6 Å². The fourth-order valence-electron chi connectivity index (χ4n) is 3.27. The zero-order chi connectivity index (χ0) is 23.4. The molecule has 0 bridgehead atoms. The van der Waals surface area contributed by atoms with Gasteiger partial charge in [0.2, 0.25) is 5.91 Å². The number of carbonyl (C=O) groups excluding carboxylic acids is 1. The number of amides is 1. The van der Waals surface area contributed by atoms with E-state index >= 15 is 0 Å². The van der Waals surface area contributed by atoms with Gasteiger partial charge in [0.1, 0.15) is 11.3 Å². The first-order valence-corrected chi connectivity index (χ1v) is 11.6. The number of benzene rings is 2. The minimum atomic E-state index is -0.244. The van der Waals surface area contributed by atoms with E-state index in [0.717, 1.165) is 5.56 Å². The summed E-state index contributed by atoms with van der Waals surface area (Å²) in [5.41, 5.74) is 2.10. The molecule has 0 aliphatic heterocycles. The highest BCUT2D eigenvalue weighted by molar-refractivity contribution is 7.99. The van der Waals surface area contributed by atoms with Crippen LogP contribution in [0.15, 0.2) is 64.7 Å². The zero-order valence-corrected chi connectivity index (χ0v) is 19.7. The molecule has 1 amide bonds. The van der Waals surface area contributed by atoms with E-state index in [2.05, 4.69) is 15.4 Å². The lowest BCUT2D eigenvalue weighted by molar-refractivity contribution is -0.113. The molecule has 2 aromatic carbocycles. The molecule has 0 aliphatic rings. The number of aromatic nitrogens is 4. The molecule has 2 heterocycles. The SMILES string of the molecule is CCn1cc2nc(SCC(=O)Nc3ccc(OC)c(Cl)c3)n(Cc3ccccc3)c(=O)c2n1. The smallest absolute Gasteiger partial charge is 0.282 e. The summed E-state index contributed by atoms with van der Waals surface area (Å²) >= 11 is 7.33. The number of thioether (sulfide) groups is 1. The van der Waals surface area contributed by atoms with Gasteiger partial charge < -0.3 is 10.1 Å². The van der Waals surface area contributed by atoms with E-state index in [9.17, 15) is 9.59 Å². The van der Waals surface area contributed by atoms with Crippen molar-refractivity contribution in [2.45, 2.75) is 25.2 Å². The quantitative estimate of drug-likeness (QED) is 0.300. The third kappa shape index (κ3) is 5.20. The molecule has 4 rings (SSSR count). The van der Waals surface area contributed by atoms with E-state index in [1.807, 2.05) is 37.3 Å². The Morgan fingerprint density at radius 1 is 1.21 bits per heavy atom. The lowest BCUT2D eigenvalue weighted by atomic mass is 10.2. The van der Waals surface area contributed by atoms with Crippen molar-refractivity contribution in [2.75, 3.05) is 18.2 Å². The van der Waals surface area contributed by atoms with E-state index in [4.69, 9.17) is 16.3 Å². The Morgan fingerprint density at radius 2 is 2.00 bits per heavy atom. The maximum absolute atomic E-state index is 13.2. The average molecular weight is 484 g/mol. The summed E-state index contributed by atoms with van der Waals surface area (Å²) in [5, 5.41) is 8.02. The van der Waals surface area contributed by atoms with Crippen LogP contribution in [0, 0.1) is 0 Å². The first kappa shape index (κ1) is 22.9. The van der Waals surface area contributed by atoms with Crippen molar-refractivity contribution in [2.24, 2.45) is 0 Å². The lowest BCUT2D eigenvalue weighted by Gasteiger charge is -2.12. The highest BCUT2D eigenvalue weighted by Gasteiger charge is 2.16. The Balaban J connectivity index is 1.59. The third-order valence-electron chi connectivity index (χ3n) is 4.91. The van der Waals surface area contributed by atoms with Gasteiger partial charge in [0.15, 0.2) is 10.7 Å². The number of ether oxygens (including phenoxy) is 1. The molecule has 0 aliphatic carbocycles. The van der Waals surface area contributed by atoms with Crippen molar-refractivity contribution in [3.05, 3.63) is 75.7 Å². The van der Waals surface area contributed by atoms with Gasteiger partial charge >= 0.3 is 0 Å². The highest BCUT2D eigenvalue weighted by atomic mass is 35.5. The number of aryl methyl sites for hydroxylation is 1. The standard InChI is InChI=1S/C23H22ClN5O3S/c1-3-28-13-18-21(27-28)22(31)29(12-15-7-5-4-6-8-15)23(26-18)33-14-20(30)25-16-9-10-19(32-2)17(24)11-16/h4-11,13H,3,12,14H2,1-2H3,(H,25,30). The molecule has 0 saturated carbocycles. The number of nitrogens with one attached hydrogen (secondary N) is 1. The number of rotatable bonds is 8. The van der Waals surface area contributed by atoms with Crippen LogP contribution in [-0.2, 0) is 17.9 Å². The normalized spacial score (nSPS) is 11.0. The second-order valence-corrected chi connectivity index (χ2v) is 8.53. The van der Waals surface area contributed by atoms with E-state index in [1.165, 1.54) is 18.9 Å². The van der Waals surface area contributed by atoms with Crippen molar-refractivity contribution in [1.82, 2.24) is 19.3 Å². The van der Waals surface area contributed by atoms with Gasteiger partial charge in [0, 0.05) is 12.2 Å². The number of hydrogen-bond acceptors (Lipinski definition) is 6. The fraction of sp³-hybridized carbons (Fsp3) is 0.217. The van der Waals surface area contributed by atoms with E-state index in [0.29, 0.717) is 45.7 Å².